The van der Waals surface area contributed by atoms with Crippen molar-refractivity contribution in [2.24, 2.45) is 5.73 Å². The number of hydrogen-bond donors (Lipinski definition) is 1. The van der Waals surface area contributed by atoms with E-state index in [4.69, 9.17) is 10.8 Å². The molecule has 162 valence electrons. The van der Waals surface area contributed by atoms with E-state index in [2.05, 4.69) is 82.5 Å². The maximum absolute atomic E-state index is 11.6. The molecule has 0 aliphatic carbocycles. The summed E-state index contributed by atoms with van der Waals surface area (Å²) in [6.45, 7) is 1.99. The van der Waals surface area contributed by atoms with E-state index in [9.17, 15) is 4.79 Å². The number of benzene rings is 3. The van der Waals surface area contributed by atoms with Crippen LogP contribution in [0.2, 0.25) is 0 Å². The molecule has 0 spiro atoms. The van der Waals surface area contributed by atoms with E-state index < -0.39 is 11.4 Å². The topological polar surface area (TPSA) is 73.8 Å². The fraction of sp³-hybridized carbons (Fsp3) is 0.107. The van der Waals surface area contributed by atoms with Crippen LogP contribution in [-0.2, 0) is 16.8 Å². The smallest absolute Gasteiger partial charge is 0.223 e. The van der Waals surface area contributed by atoms with Crippen molar-refractivity contribution in [2.75, 3.05) is 0 Å². The fourth-order valence-electron chi connectivity index (χ4n) is 4.63. The van der Waals surface area contributed by atoms with Crippen LogP contribution in [0.25, 0.3) is 10.9 Å². The molecule has 3 aromatic carbocycles. The summed E-state index contributed by atoms with van der Waals surface area (Å²) < 4.78 is 2.07. The van der Waals surface area contributed by atoms with Crippen LogP contribution in [0, 0.1) is 6.92 Å². The van der Waals surface area contributed by atoms with Crippen molar-refractivity contribution >= 4 is 16.8 Å². The van der Waals surface area contributed by atoms with Gasteiger partial charge in [0.2, 0.25) is 5.91 Å². The molecule has 0 radical (unpaired) electrons. The lowest BCUT2D eigenvalue weighted by Gasteiger charge is -2.37. The number of carbonyl (C=O) groups is 1. The molecule has 0 fully saturated rings. The van der Waals surface area contributed by atoms with Gasteiger partial charge in [-0.25, -0.2) is 4.68 Å². The first kappa shape index (κ1) is 20.6. The predicted octanol–water partition coefficient (Wildman–Crippen LogP) is 4.61. The van der Waals surface area contributed by atoms with Crippen LogP contribution >= 0.6 is 0 Å². The lowest BCUT2D eigenvalue weighted by atomic mass is 9.77. The maximum atomic E-state index is 11.6. The fourth-order valence-corrected chi connectivity index (χ4v) is 4.63. The molecule has 2 aromatic heterocycles. The average Bonchev–Trinajstić information content (AvgIpc) is 3.17. The van der Waals surface area contributed by atoms with Gasteiger partial charge in [0.05, 0.1) is 23.3 Å². The average molecular weight is 433 g/mol. The Balaban J connectivity index is 1.94. The first-order valence-corrected chi connectivity index (χ1v) is 10.9. The summed E-state index contributed by atoms with van der Waals surface area (Å²) in [5, 5.41) is 6.01. The lowest BCUT2D eigenvalue weighted by Crippen LogP contribution is -2.38. The van der Waals surface area contributed by atoms with Gasteiger partial charge in [-0.3, -0.25) is 9.78 Å². The molecule has 0 unspecified atom stereocenters. The molecule has 2 N–H and O–H groups in total. The van der Waals surface area contributed by atoms with Crippen LogP contribution in [0.15, 0.2) is 103 Å². The molecular formula is C28H24N4O. The second-order valence-corrected chi connectivity index (χ2v) is 8.14. The number of primary amides is 1. The van der Waals surface area contributed by atoms with Gasteiger partial charge in [-0.1, -0.05) is 91.0 Å². The van der Waals surface area contributed by atoms with Gasteiger partial charge in [0.25, 0.3) is 0 Å². The summed E-state index contributed by atoms with van der Waals surface area (Å²) in [6.07, 6.45) is 1.87. The van der Waals surface area contributed by atoms with Crippen LogP contribution in [0.5, 0.6) is 0 Å². The number of amides is 1. The number of nitrogens with two attached hydrogens (primary N) is 1. The molecule has 5 aromatic rings. The van der Waals surface area contributed by atoms with E-state index in [-0.39, 0.29) is 6.42 Å². The quantitative estimate of drug-likeness (QED) is 0.398. The van der Waals surface area contributed by atoms with E-state index in [1.54, 1.807) is 6.20 Å². The Kier molecular flexibility index (Phi) is 5.23. The third kappa shape index (κ3) is 3.48. The van der Waals surface area contributed by atoms with Crippen molar-refractivity contribution in [2.45, 2.75) is 18.9 Å². The van der Waals surface area contributed by atoms with E-state index in [1.807, 2.05) is 31.2 Å². The Labute approximate surface area is 192 Å². The number of carbonyl (C=O) groups excluding carboxylic acids is 1. The van der Waals surface area contributed by atoms with Gasteiger partial charge in [-0.2, -0.15) is 5.10 Å². The van der Waals surface area contributed by atoms with Crippen LogP contribution in [-0.4, -0.2) is 20.7 Å². The monoisotopic (exact) mass is 432 g/mol. The number of pyridine rings is 1. The number of fused-ring (bicyclic) bond motifs is 1. The lowest BCUT2D eigenvalue weighted by molar-refractivity contribution is -0.117. The first-order valence-electron chi connectivity index (χ1n) is 10.9. The highest BCUT2D eigenvalue weighted by atomic mass is 16.1. The molecule has 5 rings (SSSR count). The van der Waals surface area contributed by atoms with Gasteiger partial charge >= 0.3 is 0 Å². The van der Waals surface area contributed by atoms with Crippen molar-refractivity contribution in [1.82, 2.24) is 14.8 Å². The first-order chi connectivity index (χ1) is 16.1. The van der Waals surface area contributed by atoms with Crippen LogP contribution in [0.3, 0.4) is 0 Å². The Morgan fingerprint density at radius 3 is 1.79 bits per heavy atom. The maximum Gasteiger partial charge on any atom is 0.223 e. The van der Waals surface area contributed by atoms with E-state index in [1.165, 1.54) is 0 Å². The molecule has 33 heavy (non-hydrogen) atoms. The number of aromatic nitrogens is 3. The minimum absolute atomic E-state index is 0.0786. The molecule has 5 heteroatoms. The van der Waals surface area contributed by atoms with E-state index >= 15 is 0 Å². The van der Waals surface area contributed by atoms with Crippen LogP contribution < -0.4 is 5.73 Å². The summed E-state index contributed by atoms with van der Waals surface area (Å²) in [4.78, 5) is 16.1. The molecule has 5 nitrogen and oxygen atoms in total. The summed E-state index contributed by atoms with van der Waals surface area (Å²) >= 11 is 0. The highest BCUT2D eigenvalue weighted by molar-refractivity contribution is 5.84. The molecule has 2 heterocycles. The summed E-state index contributed by atoms with van der Waals surface area (Å²) in [6, 6.07) is 33.1. The van der Waals surface area contributed by atoms with Crippen molar-refractivity contribution in [3.8, 4) is 0 Å². The van der Waals surface area contributed by atoms with Gasteiger partial charge in [0.15, 0.2) is 0 Å². The number of nitrogens with zero attached hydrogens (tertiary/aromatic N) is 3. The minimum Gasteiger partial charge on any atom is -0.369 e. The van der Waals surface area contributed by atoms with Crippen LogP contribution in [0.4, 0.5) is 0 Å². The highest BCUT2D eigenvalue weighted by Crippen LogP contribution is 2.42. The number of rotatable bonds is 6. The molecule has 0 aliphatic rings. The number of hydrogen-bond acceptors (Lipinski definition) is 3. The van der Waals surface area contributed by atoms with Crippen LogP contribution in [0.1, 0.15) is 28.1 Å². The van der Waals surface area contributed by atoms with Gasteiger partial charge in [-0.15, -0.1) is 0 Å². The zero-order valence-electron chi connectivity index (χ0n) is 18.3. The summed E-state index contributed by atoms with van der Waals surface area (Å²) in [7, 11) is 0. The molecule has 0 saturated heterocycles. The minimum atomic E-state index is -0.734. The Hall–Kier alpha value is -4.25. The van der Waals surface area contributed by atoms with Gasteiger partial charge in [0, 0.05) is 11.6 Å². The van der Waals surface area contributed by atoms with Crippen molar-refractivity contribution in [3.05, 3.63) is 131 Å². The largest absolute Gasteiger partial charge is 0.369 e. The van der Waals surface area contributed by atoms with Crippen molar-refractivity contribution in [1.29, 1.82) is 0 Å². The highest BCUT2D eigenvalue weighted by Gasteiger charge is 2.40. The third-order valence-corrected chi connectivity index (χ3v) is 6.05. The van der Waals surface area contributed by atoms with Crippen molar-refractivity contribution in [3.63, 3.8) is 0 Å². The van der Waals surface area contributed by atoms with E-state index in [0.717, 1.165) is 33.3 Å². The normalized spacial score (nSPS) is 11.5. The molecule has 0 aliphatic heterocycles. The Bertz CT molecular complexity index is 1310. The number of aryl methyl sites for hydroxylation is 1. The Morgan fingerprint density at radius 1 is 0.848 bits per heavy atom. The third-order valence-electron chi connectivity index (χ3n) is 6.05. The molecule has 0 atom stereocenters. The summed E-state index contributed by atoms with van der Waals surface area (Å²) in [5.74, 6) is -0.412. The van der Waals surface area contributed by atoms with Gasteiger partial charge in [0.1, 0.15) is 5.54 Å². The second-order valence-electron chi connectivity index (χ2n) is 8.14. The van der Waals surface area contributed by atoms with E-state index in [0.29, 0.717) is 5.69 Å². The standard InChI is InChI=1S/C28H24N4O/c1-20-25-19-30-24(18-27(29)33)17-26(25)32(31-20)28(21-11-5-2-6-12-21,22-13-7-3-8-14-22)23-15-9-4-10-16-23/h2-17,19H,18H2,1H3,(H2,29,33). The molecule has 1 amide bonds. The molecule has 0 saturated carbocycles. The summed E-state index contributed by atoms with van der Waals surface area (Å²) in [5.41, 5.74) is 10.4. The Morgan fingerprint density at radius 2 is 1.33 bits per heavy atom. The molecule has 0 bridgehead atoms. The molecular weight excluding hydrogens is 408 g/mol. The zero-order valence-corrected chi connectivity index (χ0v) is 18.3. The SMILES string of the molecule is Cc1nn(C(c2ccccc2)(c2ccccc2)c2ccccc2)c2cc(CC(N)=O)ncc12. The van der Waals surface area contributed by atoms with Gasteiger partial charge < -0.3 is 5.73 Å². The predicted molar refractivity (Wildman–Crippen MR) is 130 cm³/mol. The zero-order chi connectivity index (χ0) is 22.8. The second kappa shape index (κ2) is 8.36. The van der Waals surface area contributed by atoms with Crippen molar-refractivity contribution < 1.29 is 4.79 Å². The van der Waals surface area contributed by atoms with Gasteiger partial charge in [-0.05, 0) is 29.7 Å².